The van der Waals surface area contributed by atoms with Gasteiger partial charge >= 0.3 is 0 Å². The van der Waals surface area contributed by atoms with Gasteiger partial charge in [0.1, 0.15) is 17.4 Å². The molecular weight excluding hydrogens is 383 g/mol. The van der Waals surface area contributed by atoms with Crippen molar-refractivity contribution in [1.82, 2.24) is 9.97 Å². The molecule has 0 saturated carbocycles. The van der Waals surface area contributed by atoms with Crippen LogP contribution >= 0.6 is 0 Å². The van der Waals surface area contributed by atoms with Crippen molar-refractivity contribution in [2.45, 2.75) is 38.0 Å². The predicted octanol–water partition coefficient (Wildman–Crippen LogP) is 3.44. The molecule has 0 aliphatic rings. The van der Waals surface area contributed by atoms with Gasteiger partial charge in [0.25, 0.3) is 5.56 Å². The van der Waals surface area contributed by atoms with Gasteiger partial charge in [0.05, 0.1) is 21.4 Å². The zero-order valence-electron chi connectivity index (χ0n) is 16.2. The Morgan fingerprint density at radius 1 is 1.18 bits per heavy atom. The number of hydrogen-bond donors (Lipinski definition) is 2. The first kappa shape index (κ1) is 20.0. The Labute approximate surface area is 162 Å². The Morgan fingerprint density at radius 2 is 1.82 bits per heavy atom. The molecule has 2 aromatic carbocycles. The Morgan fingerprint density at radius 3 is 2.39 bits per heavy atom. The second-order valence-electron chi connectivity index (χ2n) is 7.87. The number of rotatable bonds is 2. The highest BCUT2D eigenvalue weighted by Gasteiger charge is 2.26. The van der Waals surface area contributed by atoms with E-state index in [0.717, 1.165) is 6.26 Å². The van der Waals surface area contributed by atoms with Gasteiger partial charge in [-0.15, -0.1) is 0 Å². The van der Waals surface area contributed by atoms with E-state index < -0.39 is 26.6 Å². The van der Waals surface area contributed by atoms with Crippen molar-refractivity contribution in [3.8, 4) is 17.1 Å². The van der Waals surface area contributed by atoms with Gasteiger partial charge in [0.15, 0.2) is 9.84 Å². The highest BCUT2D eigenvalue weighted by atomic mass is 32.2. The predicted molar refractivity (Wildman–Crippen MR) is 106 cm³/mol. The molecule has 0 bridgehead atoms. The van der Waals surface area contributed by atoms with Gasteiger partial charge < -0.3 is 10.1 Å². The van der Waals surface area contributed by atoms with E-state index in [9.17, 15) is 22.7 Å². The average Bonchev–Trinajstić information content (AvgIpc) is 2.56. The lowest BCUT2D eigenvalue weighted by atomic mass is 9.84. The first-order chi connectivity index (χ1) is 12.8. The van der Waals surface area contributed by atoms with E-state index in [4.69, 9.17) is 0 Å². The zero-order chi connectivity index (χ0) is 21.0. The van der Waals surface area contributed by atoms with Crippen LogP contribution in [0.4, 0.5) is 4.39 Å². The number of aromatic nitrogens is 2. The molecule has 2 N–H and O–H groups in total. The third-order valence-corrected chi connectivity index (χ3v) is 5.76. The third kappa shape index (κ3) is 3.40. The molecule has 0 aliphatic carbocycles. The van der Waals surface area contributed by atoms with Crippen molar-refractivity contribution in [2.75, 3.05) is 6.26 Å². The summed E-state index contributed by atoms with van der Waals surface area (Å²) < 4.78 is 38.0. The van der Waals surface area contributed by atoms with E-state index in [1.54, 1.807) is 0 Å². The summed E-state index contributed by atoms with van der Waals surface area (Å²) in [5.41, 5.74) is -0.218. The number of phenolic OH excluding ortho intramolecular Hbond substituents is 1. The summed E-state index contributed by atoms with van der Waals surface area (Å²) in [5, 5.41) is 10.9. The molecule has 0 radical (unpaired) electrons. The lowest BCUT2D eigenvalue weighted by molar-refractivity contribution is 0.443. The largest absolute Gasteiger partial charge is 0.507 e. The van der Waals surface area contributed by atoms with Gasteiger partial charge in [-0.05, 0) is 42.2 Å². The molecule has 3 rings (SSSR count). The number of aromatic hydroxyl groups is 1. The monoisotopic (exact) mass is 404 g/mol. The molecule has 6 nitrogen and oxygen atoms in total. The van der Waals surface area contributed by atoms with Crippen LogP contribution in [0.25, 0.3) is 22.3 Å². The Hall–Kier alpha value is -2.74. The molecule has 0 atom stereocenters. The zero-order valence-corrected chi connectivity index (χ0v) is 17.0. The summed E-state index contributed by atoms with van der Waals surface area (Å²) >= 11 is 0. The number of hydrogen-bond acceptors (Lipinski definition) is 5. The third-order valence-electron chi connectivity index (χ3n) is 4.65. The van der Waals surface area contributed by atoms with Crippen LogP contribution in [0, 0.1) is 12.7 Å². The minimum atomic E-state index is -3.48. The number of nitrogens with zero attached hydrogens (tertiary/aromatic N) is 1. The highest BCUT2D eigenvalue weighted by Crippen LogP contribution is 2.40. The van der Waals surface area contributed by atoms with Gasteiger partial charge in [-0.3, -0.25) is 4.79 Å². The quantitative estimate of drug-likeness (QED) is 0.681. The SMILES string of the molecule is Cc1c(F)cc(C(C)(C)C)c(O)c1-c1nc2ccc(S(C)(=O)=O)cc2c(=O)[nH]1. The summed E-state index contributed by atoms with van der Waals surface area (Å²) in [4.78, 5) is 19.5. The Balaban J connectivity index is 2.34. The van der Waals surface area contributed by atoms with Gasteiger partial charge in [-0.2, -0.15) is 0 Å². The summed E-state index contributed by atoms with van der Waals surface area (Å²) in [6.07, 6.45) is 1.05. The molecule has 0 fully saturated rings. The molecular formula is C20H21FN2O4S. The highest BCUT2D eigenvalue weighted by molar-refractivity contribution is 7.90. The fourth-order valence-corrected chi connectivity index (χ4v) is 3.71. The summed E-state index contributed by atoms with van der Waals surface area (Å²) in [7, 11) is -3.48. The molecule has 0 saturated heterocycles. The van der Waals surface area contributed by atoms with Crippen molar-refractivity contribution in [3.05, 3.63) is 51.6 Å². The molecule has 0 amide bonds. The van der Waals surface area contributed by atoms with Gasteiger partial charge in [0.2, 0.25) is 0 Å². The Kier molecular flexibility index (Phi) is 4.58. The summed E-state index contributed by atoms with van der Waals surface area (Å²) in [6.45, 7) is 7.01. The van der Waals surface area contributed by atoms with Crippen molar-refractivity contribution < 1.29 is 17.9 Å². The van der Waals surface area contributed by atoms with E-state index >= 15 is 0 Å². The molecule has 28 heavy (non-hydrogen) atoms. The number of H-pyrrole nitrogens is 1. The molecule has 0 unspecified atom stereocenters. The van der Waals surface area contributed by atoms with Gasteiger partial charge in [-0.1, -0.05) is 20.8 Å². The molecule has 1 heterocycles. The standard InChI is InChI=1S/C20H21FN2O4S/c1-10-14(21)9-13(20(2,3)4)17(24)16(10)18-22-15-7-6-11(28(5,26)27)8-12(15)19(25)23-18/h6-9,24H,1-5H3,(H,22,23,25). The van der Waals surface area contributed by atoms with Crippen LogP contribution in [-0.4, -0.2) is 29.7 Å². The molecule has 0 aliphatic heterocycles. The fourth-order valence-electron chi connectivity index (χ4n) is 3.06. The normalized spacial score (nSPS) is 12.5. The van der Waals surface area contributed by atoms with Crippen LogP contribution in [0.5, 0.6) is 5.75 Å². The second kappa shape index (κ2) is 6.41. The smallest absolute Gasteiger partial charge is 0.259 e. The van der Waals surface area contributed by atoms with Crippen LogP contribution in [0.1, 0.15) is 31.9 Å². The first-order valence-electron chi connectivity index (χ1n) is 8.58. The topological polar surface area (TPSA) is 100 Å². The maximum Gasteiger partial charge on any atom is 0.259 e. The number of fused-ring (bicyclic) bond motifs is 1. The first-order valence-corrected chi connectivity index (χ1v) is 10.5. The summed E-state index contributed by atoms with van der Waals surface area (Å²) in [5.74, 6) is -0.654. The molecule has 3 aromatic rings. The van der Waals surface area contributed by atoms with E-state index in [2.05, 4.69) is 9.97 Å². The number of sulfone groups is 1. The van der Waals surface area contributed by atoms with Crippen molar-refractivity contribution in [1.29, 1.82) is 0 Å². The van der Waals surface area contributed by atoms with E-state index in [1.807, 2.05) is 20.8 Å². The van der Waals surface area contributed by atoms with E-state index in [-0.39, 0.29) is 38.5 Å². The van der Waals surface area contributed by atoms with Crippen LogP contribution in [0.2, 0.25) is 0 Å². The lowest BCUT2D eigenvalue weighted by Gasteiger charge is -2.23. The van der Waals surface area contributed by atoms with Crippen molar-refractivity contribution >= 4 is 20.7 Å². The van der Waals surface area contributed by atoms with Crippen LogP contribution in [0.3, 0.4) is 0 Å². The van der Waals surface area contributed by atoms with E-state index in [0.29, 0.717) is 5.56 Å². The van der Waals surface area contributed by atoms with Crippen molar-refractivity contribution in [3.63, 3.8) is 0 Å². The molecule has 148 valence electrons. The van der Waals surface area contributed by atoms with Crippen molar-refractivity contribution in [2.24, 2.45) is 0 Å². The Bertz CT molecular complexity index is 1270. The van der Waals surface area contributed by atoms with Gasteiger partial charge in [0, 0.05) is 11.8 Å². The molecule has 8 heteroatoms. The average molecular weight is 404 g/mol. The van der Waals surface area contributed by atoms with E-state index in [1.165, 1.54) is 31.2 Å². The van der Waals surface area contributed by atoms with Crippen LogP contribution in [-0.2, 0) is 15.3 Å². The lowest BCUT2D eigenvalue weighted by Crippen LogP contribution is -2.15. The maximum atomic E-state index is 14.5. The molecule has 0 spiro atoms. The van der Waals surface area contributed by atoms with Gasteiger partial charge in [-0.25, -0.2) is 17.8 Å². The fraction of sp³-hybridized carbons (Fsp3) is 0.300. The minimum Gasteiger partial charge on any atom is -0.507 e. The minimum absolute atomic E-state index is 0.000137. The summed E-state index contributed by atoms with van der Waals surface area (Å²) in [6, 6.07) is 5.30. The number of phenols is 1. The number of aromatic amines is 1. The maximum absolute atomic E-state index is 14.5. The van der Waals surface area contributed by atoms with Crippen LogP contribution in [0.15, 0.2) is 34.0 Å². The van der Waals surface area contributed by atoms with Crippen LogP contribution < -0.4 is 5.56 Å². The second-order valence-corrected chi connectivity index (χ2v) is 9.89. The number of benzene rings is 2. The molecule has 1 aromatic heterocycles. The number of nitrogens with one attached hydrogen (secondary N) is 1. The number of halogens is 1.